The molecular weight excluding hydrogens is 132 g/mol. The minimum absolute atomic E-state index is 1.10. The molecule has 0 heterocycles. The van der Waals surface area contributed by atoms with E-state index >= 15 is 0 Å². The number of rotatable bonds is 3. The molecule has 0 fully saturated rings. The summed E-state index contributed by atoms with van der Waals surface area (Å²) in [5, 5.41) is 0. The summed E-state index contributed by atoms with van der Waals surface area (Å²) < 4.78 is 0. The van der Waals surface area contributed by atoms with E-state index in [1.807, 2.05) is 6.92 Å². The predicted octanol–water partition coefficient (Wildman–Crippen LogP) is 3.87. The Morgan fingerprint density at radius 1 is 1.18 bits per heavy atom. The van der Waals surface area contributed by atoms with E-state index in [1.54, 1.807) is 0 Å². The van der Waals surface area contributed by atoms with Crippen molar-refractivity contribution in [3.63, 3.8) is 0 Å². The summed E-state index contributed by atoms with van der Waals surface area (Å²) in [7, 11) is 0. The normalized spacial score (nSPS) is 13.5. The third kappa shape index (κ3) is 4.60. The van der Waals surface area contributed by atoms with E-state index < -0.39 is 0 Å². The molecule has 0 aromatic carbocycles. The van der Waals surface area contributed by atoms with Crippen LogP contribution in [0.3, 0.4) is 0 Å². The van der Waals surface area contributed by atoms with Crippen LogP contribution in [0.1, 0.15) is 34.1 Å². The summed E-state index contributed by atoms with van der Waals surface area (Å²) >= 11 is 0. The molecule has 0 heteroatoms. The fourth-order valence-electron chi connectivity index (χ4n) is 0.688. The van der Waals surface area contributed by atoms with Crippen LogP contribution in [0.15, 0.2) is 35.5 Å². The predicted molar refractivity (Wildman–Crippen MR) is 52.6 cm³/mol. The fourth-order valence-corrected chi connectivity index (χ4v) is 0.688. The maximum absolute atomic E-state index is 3.80. The van der Waals surface area contributed by atoms with Gasteiger partial charge in [0.15, 0.2) is 0 Å². The van der Waals surface area contributed by atoms with Gasteiger partial charge in [0.2, 0.25) is 0 Å². The van der Waals surface area contributed by atoms with E-state index in [4.69, 9.17) is 0 Å². The molecule has 0 amide bonds. The smallest absolute Gasteiger partial charge is 0.0346 e. The minimum atomic E-state index is 1.10. The zero-order valence-electron chi connectivity index (χ0n) is 8.07. The zero-order valence-corrected chi connectivity index (χ0v) is 8.07. The van der Waals surface area contributed by atoms with Crippen LogP contribution in [-0.4, -0.2) is 0 Å². The van der Waals surface area contributed by atoms with Crippen molar-refractivity contribution in [3.05, 3.63) is 35.5 Å². The molecule has 0 atom stereocenters. The molecule has 0 rings (SSSR count). The van der Waals surface area contributed by atoms with Crippen LogP contribution in [-0.2, 0) is 0 Å². The monoisotopic (exact) mass is 150 g/mol. The molecule has 0 radical (unpaired) electrons. The van der Waals surface area contributed by atoms with Crippen LogP contribution in [0, 0.1) is 0 Å². The molecule has 11 heavy (non-hydrogen) atoms. The van der Waals surface area contributed by atoms with E-state index in [0.717, 1.165) is 12.0 Å². The SMILES string of the molecule is C=C(C)C=C/C(C)=C(\C)CC. The first-order valence-electron chi connectivity index (χ1n) is 4.07. The highest BCUT2D eigenvalue weighted by Crippen LogP contribution is 2.08. The maximum Gasteiger partial charge on any atom is -0.0346 e. The van der Waals surface area contributed by atoms with Crippen LogP contribution >= 0.6 is 0 Å². The molecule has 0 nitrogen and oxygen atoms in total. The van der Waals surface area contributed by atoms with Gasteiger partial charge in [-0.1, -0.05) is 42.4 Å². The summed E-state index contributed by atoms with van der Waals surface area (Å²) in [5.41, 5.74) is 3.91. The van der Waals surface area contributed by atoms with Crippen molar-refractivity contribution < 1.29 is 0 Å². The number of allylic oxidation sites excluding steroid dienone is 5. The van der Waals surface area contributed by atoms with E-state index in [0.29, 0.717) is 0 Å². The third-order valence-corrected chi connectivity index (χ3v) is 1.82. The minimum Gasteiger partial charge on any atom is -0.0961 e. The second-order valence-electron chi connectivity index (χ2n) is 3.00. The Morgan fingerprint density at radius 3 is 2.09 bits per heavy atom. The Morgan fingerprint density at radius 2 is 1.73 bits per heavy atom. The molecule has 0 aliphatic carbocycles. The van der Waals surface area contributed by atoms with E-state index in [2.05, 4.69) is 39.5 Å². The van der Waals surface area contributed by atoms with Gasteiger partial charge in [0, 0.05) is 0 Å². The van der Waals surface area contributed by atoms with Crippen molar-refractivity contribution in [2.45, 2.75) is 34.1 Å². The van der Waals surface area contributed by atoms with Crippen LogP contribution in [0.2, 0.25) is 0 Å². The molecule has 0 saturated heterocycles. The van der Waals surface area contributed by atoms with Crippen LogP contribution in [0.5, 0.6) is 0 Å². The summed E-state index contributed by atoms with van der Waals surface area (Å²) in [6.07, 6.45) is 5.31. The van der Waals surface area contributed by atoms with Crippen molar-refractivity contribution >= 4 is 0 Å². The summed E-state index contributed by atoms with van der Waals surface area (Å²) in [5.74, 6) is 0. The summed E-state index contributed by atoms with van der Waals surface area (Å²) in [4.78, 5) is 0. The van der Waals surface area contributed by atoms with Crippen molar-refractivity contribution in [1.82, 2.24) is 0 Å². The lowest BCUT2D eigenvalue weighted by Gasteiger charge is -1.98. The second-order valence-corrected chi connectivity index (χ2v) is 3.00. The largest absolute Gasteiger partial charge is 0.0961 e. The Labute approximate surface area is 70.3 Å². The van der Waals surface area contributed by atoms with Crippen LogP contribution < -0.4 is 0 Å². The first-order valence-corrected chi connectivity index (χ1v) is 4.07. The van der Waals surface area contributed by atoms with Gasteiger partial charge in [-0.05, 0) is 27.2 Å². The lowest BCUT2D eigenvalue weighted by atomic mass is 10.1. The molecule has 0 N–H and O–H groups in total. The molecule has 0 saturated carbocycles. The van der Waals surface area contributed by atoms with Gasteiger partial charge in [-0.25, -0.2) is 0 Å². The van der Waals surface area contributed by atoms with E-state index in [-0.39, 0.29) is 0 Å². The maximum atomic E-state index is 3.80. The van der Waals surface area contributed by atoms with Gasteiger partial charge in [-0.15, -0.1) is 0 Å². The zero-order chi connectivity index (χ0) is 8.85. The van der Waals surface area contributed by atoms with E-state index in [9.17, 15) is 0 Å². The Balaban J connectivity index is 4.26. The highest BCUT2D eigenvalue weighted by Gasteiger charge is 1.88. The average molecular weight is 150 g/mol. The second kappa shape index (κ2) is 4.95. The summed E-state index contributed by atoms with van der Waals surface area (Å²) in [6, 6.07) is 0. The van der Waals surface area contributed by atoms with Crippen LogP contribution in [0.4, 0.5) is 0 Å². The molecule has 0 spiro atoms. The van der Waals surface area contributed by atoms with Crippen LogP contribution in [0.25, 0.3) is 0 Å². The van der Waals surface area contributed by atoms with Gasteiger partial charge in [0.05, 0.1) is 0 Å². The molecular formula is C11H18. The lowest BCUT2D eigenvalue weighted by Crippen LogP contribution is -1.77. The third-order valence-electron chi connectivity index (χ3n) is 1.82. The topological polar surface area (TPSA) is 0 Å². The molecule has 62 valence electrons. The van der Waals surface area contributed by atoms with Gasteiger partial charge in [0.1, 0.15) is 0 Å². The van der Waals surface area contributed by atoms with Gasteiger partial charge >= 0.3 is 0 Å². The first kappa shape index (κ1) is 10.2. The lowest BCUT2D eigenvalue weighted by molar-refractivity contribution is 1.07. The molecule has 0 aromatic rings. The van der Waals surface area contributed by atoms with E-state index in [1.165, 1.54) is 11.1 Å². The molecule has 0 aromatic heterocycles. The summed E-state index contributed by atoms with van der Waals surface area (Å²) in [6.45, 7) is 12.3. The highest BCUT2D eigenvalue weighted by molar-refractivity contribution is 5.27. The average Bonchev–Trinajstić information content (AvgIpc) is 1.98. The Bertz CT molecular complexity index is 192. The fraction of sp³-hybridized carbons (Fsp3) is 0.455. The molecule has 0 aliphatic heterocycles. The van der Waals surface area contributed by atoms with Crippen molar-refractivity contribution in [3.8, 4) is 0 Å². The quantitative estimate of drug-likeness (QED) is 0.536. The Kier molecular flexibility index (Phi) is 4.60. The van der Waals surface area contributed by atoms with Crippen molar-refractivity contribution in [2.75, 3.05) is 0 Å². The van der Waals surface area contributed by atoms with Gasteiger partial charge in [0.25, 0.3) is 0 Å². The molecule has 0 aliphatic rings. The highest BCUT2D eigenvalue weighted by atomic mass is 13.9. The van der Waals surface area contributed by atoms with Crippen molar-refractivity contribution in [2.24, 2.45) is 0 Å². The standard InChI is InChI=1S/C11H18/c1-6-10(4)11(5)8-7-9(2)3/h7-8H,2,6H2,1,3-5H3/b8-7?,11-10+. The van der Waals surface area contributed by atoms with Gasteiger partial charge in [-0.2, -0.15) is 0 Å². The van der Waals surface area contributed by atoms with Crippen molar-refractivity contribution in [1.29, 1.82) is 0 Å². The number of hydrogen-bond acceptors (Lipinski definition) is 0. The van der Waals surface area contributed by atoms with Gasteiger partial charge < -0.3 is 0 Å². The van der Waals surface area contributed by atoms with Gasteiger partial charge in [-0.3, -0.25) is 0 Å². The molecule has 0 bridgehead atoms. The molecule has 0 unspecified atom stereocenters. The first-order chi connectivity index (χ1) is 5.07. The number of hydrogen-bond donors (Lipinski definition) is 0. The Hall–Kier alpha value is -0.780.